The Morgan fingerprint density at radius 1 is 1.08 bits per heavy atom. The first-order chi connectivity index (χ1) is 12.4. The summed E-state index contributed by atoms with van der Waals surface area (Å²) in [6.45, 7) is 3.33. The second kappa shape index (κ2) is 6.13. The highest BCUT2D eigenvalue weighted by atomic mass is 32.2. The maximum atomic E-state index is 13.1. The van der Waals surface area contributed by atoms with Gasteiger partial charge in [0.2, 0.25) is 10.0 Å². The van der Waals surface area contributed by atoms with E-state index in [9.17, 15) is 13.2 Å². The van der Waals surface area contributed by atoms with Gasteiger partial charge in [-0.2, -0.15) is 0 Å². The predicted octanol–water partition coefficient (Wildman–Crippen LogP) is 3.16. The van der Waals surface area contributed by atoms with Crippen LogP contribution in [0.5, 0.6) is 0 Å². The predicted molar refractivity (Wildman–Crippen MR) is 103 cm³/mol. The number of rotatable bonds is 2. The molecule has 26 heavy (non-hydrogen) atoms. The molecule has 0 saturated heterocycles. The van der Waals surface area contributed by atoms with Gasteiger partial charge in [0.25, 0.3) is 5.91 Å². The molecule has 2 aromatic rings. The molecule has 1 atom stereocenters. The number of hydrogen-bond donors (Lipinski definition) is 0. The number of carbonyl (C=O) groups is 1. The standard InChI is InChI=1S/C20H22N2O3S/c1-14-9-11-21(19-6-4-3-5-17(14)19)20(23)16-7-8-18-15(13-16)10-12-22(18)26(2,24)25/h3-8,13-14H,9-12H2,1-2H3. The zero-order valence-corrected chi connectivity index (χ0v) is 15.8. The van der Waals surface area contributed by atoms with Crippen LogP contribution in [0.1, 0.15) is 40.7 Å². The van der Waals surface area contributed by atoms with E-state index in [1.807, 2.05) is 29.2 Å². The summed E-state index contributed by atoms with van der Waals surface area (Å²) >= 11 is 0. The number of amides is 1. The van der Waals surface area contributed by atoms with Crippen molar-refractivity contribution < 1.29 is 13.2 Å². The van der Waals surface area contributed by atoms with E-state index in [0.717, 1.165) is 17.7 Å². The fourth-order valence-corrected chi connectivity index (χ4v) is 4.92. The molecule has 1 unspecified atom stereocenters. The van der Waals surface area contributed by atoms with Crippen LogP contribution in [0.3, 0.4) is 0 Å². The van der Waals surface area contributed by atoms with Gasteiger partial charge >= 0.3 is 0 Å². The van der Waals surface area contributed by atoms with Crippen molar-refractivity contribution in [2.24, 2.45) is 0 Å². The molecule has 0 spiro atoms. The van der Waals surface area contributed by atoms with Gasteiger partial charge in [0.05, 0.1) is 11.9 Å². The summed E-state index contributed by atoms with van der Waals surface area (Å²) in [5, 5.41) is 0. The first-order valence-corrected chi connectivity index (χ1v) is 10.7. The quantitative estimate of drug-likeness (QED) is 0.816. The number of para-hydroxylation sites is 1. The summed E-state index contributed by atoms with van der Waals surface area (Å²) in [5.41, 5.74) is 4.41. The Morgan fingerprint density at radius 2 is 1.85 bits per heavy atom. The Morgan fingerprint density at radius 3 is 2.62 bits per heavy atom. The zero-order chi connectivity index (χ0) is 18.5. The normalized spacial score (nSPS) is 19.2. The number of sulfonamides is 1. The number of anilines is 2. The van der Waals surface area contributed by atoms with Crippen LogP contribution in [0.15, 0.2) is 42.5 Å². The molecule has 136 valence electrons. The molecule has 6 heteroatoms. The van der Waals surface area contributed by atoms with Crippen molar-refractivity contribution in [3.05, 3.63) is 59.2 Å². The SMILES string of the molecule is CC1CCN(C(=O)c2ccc3c(c2)CCN3S(C)(=O)=O)c2ccccc21. The molecule has 2 aliphatic rings. The molecule has 2 aromatic carbocycles. The average Bonchev–Trinajstić information content (AvgIpc) is 3.05. The van der Waals surface area contributed by atoms with E-state index in [-0.39, 0.29) is 5.91 Å². The maximum Gasteiger partial charge on any atom is 0.258 e. The van der Waals surface area contributed by atoms with Crippen LogP contribution in [-0.2, 0) is 16.4 Å². The van der Waals surface area contributed by atoms with Gasteiger partial charge in [0, 0.05) is 24.3 Å². The Hall–Kier alpha value is -2.34. The van der Waals surface area contributed by atoms with Gasteiger partial charge < -0.3 is 4.90 Å². The van der Waals surface area contributed by atoms with Crippen LogP contribution in [0.4, 0.5) is 11.4 Å². The van der Waals surface area contributed by atoms with Crippen LogP contribution < -0.4 is 9.21 Å². The lowest BCUT2D eigenvalue weighted by atomic mass is 9.91. The monoisotopic (exact) mass is 370 g/mol. The fourth-order valence-electron chi connectivity index (χ4n) is 3.96. The molecule has 1 amide bonds. The van der Waals surface area contributed by atoms with Gasteiger partial charge in [-0.3, -0.25) is 9.10 Å². The van der Waals surface area contributed by atoms with Crippen LogP contribution in [0.2, 0.25) is 0 Å². The maximum absolute atomic E-state index is 13.1. The fraction of sp³-hybridized carbons (Fsp3) is 0.350. The van der Waals surface area contributed by atoms with E-state index in [4.69, 9.17) is 0 Å². The number of carbonyl (C=O) groups excluding carboxylic acids is 1. The van der Waals surface area contributed by atoms with Crippen LogP contribution in [0.25, 0.3) is 0 Å². The minimum Gasteiger partial charge on any atom is -0.308 e. The van der Waals surface area contributed by atoms with Gasteiger partial charge in [-0.1, -0.05) is 25.1 Å². The Kier molecular flexibility index (Phi) is 4.03. The minimum atomic E-state index is -3.28. The molecule has 2 heterocycles. The van der Waals surface area contributed by atoms with Gasteiger partial charge in [0.15, 0.2) is 0 Å². The third kappa shape index (κ3) is 2.78. The first kappa shape index (κ1) is 17.1. The molecule has 0 bridgehead atoms. The van der Waals surface area contributed by atoms with Crippen LogP contribution >= 0.6 is 0 Å². The number of benzene rings is 2. The molecular formula is C20H22N2O3S. The van der Waals surface area contributed by atoms with Gasteiger partial charge in [-0.05, 0) is 54.2 Å². The summed E-state index contributed by atoms with van der Waals surface area (Å²) in [5.74, 6) is 0.420. The van der Waals surface area contributed by atoms with Gasteiger partial charge in [-0.25, -0.2) is 8.42 Å². The molecular weight excluding hydrogens is 348 g/mol. The van der Waals surface area contributed by atoms with Crippen molar-refractivity contribution in [1.29, 1.82) is 0 Å². The smallest absolute Gasteiger partial charge is 0.258 e. The number of nitrogens with zero attached hydrogens (tertiary/aromatic N) is 2. The highest BCUT2D eigenvalue weighted by Crippen LogP contribution is 2.36. The average molecular weight is 370 g/mol. The van der Waals surface area contributed by atoms with Gasteiger partial charge in [-0.15, -0.1) is 0 Å². The van der Waals surface area contributed by atoms with Crippen molar-refractivity contribution in [3.63, 3.8) is 0 Å². The molecule has 0 saturated carbocycles. The van der Waals surface area contributed by atoms with Crippen molar-refractivity contribution >= 4 is 27.3 Å². The summed E-state index contributed by atoms with van der Waals surface area (Å²) in [4.78, 5) is 15.0. The van der Waals surface area contributed by atoms with E-state index in [1.165, 1.54) is 16.1 Å². The molecule has 0 radical (unpaired) electrons. The molecule has 4 rings (SSSR count). The Labute approximate surface area is 154 Å². The van der Waals surface area contributed by atoms with E-state index < -0.39 is 10.0 Å². The minimum absolute atomic E-state index is 0.0232. The molecule has 0 aromatic heterocycles. The molecule has 0 aliphatic carbocycles. The molecule has 2 aliphatic heterocycles. The lowest BCUT2D eigenvalue weighted by Crippen LogP contribution is -2.36. The topological polar surface area (TPSA) is 57.7 Å². The largest absolute Gasteiger partial charge is 0.308 e. The third-order valence-electron chi connectivity index (χ3n) is 5.37. The van der Waals surface area contributed by atoms with Crippen molar-refractivity contribution in [1.82, 2.24) is 0 Å². The van der Waals surface area contributed by atoms with Crippen molar-refractivity contribution in [2.75, 3.05) is 28.6 Å². The lowest BCUT2D eigenvalue weighted by Gasteiger charge is -2.33. The van der Waals surface area contributed by atoms with Crippen molar-refractivity contribution in [3.8, 4) is 0 Å². The van der Waals surface area contributed by atoms with Crippen molar-refractivity contribution in [2.45, 2.75) is 25.7 Å². The van der Waals surface area contributed by atoms with E-state index in [0.29, 0.717) is 36.7 Å². The Bertz CT molecular complexity index is 984. The summed E-state index contributed by atoms with van der Waals surface area (Å²) in [6.07, 6.45) is 2.79. The second-order valence-electron chi connectivity index (χ2n) is 7.13. The van der Waals surface area contributed by atoms with E-state index in [2.05, 4.69) is 13.0 Å². The summed E-state index contributed by atoms with van der Waals surface area (Å²) < 4.78 is 25.2. The number of hydrogen-bond acceptors (Lipinski definition) is 3. The van der Waals surface area contributed by atoms with Crippen LogP contribution in [0, 0.1) is 0 Å². The summed E-state index contributed by atoms with van der Waals surface area (Å²) in [7, 11) is -3.28. The lowest BCUT2D eigenvalue weighted by molar-refractivity contribution is 0.0984. The highest BCUT2D eigenvalue weighted by molar-refractivity contribution is 7.92. The van der Waals surface area contributed by atoms with E-state index in [1.54, 1.807) is 12.1 Å². The van der Waals surface area contributed by atoms with Crippen LogP contribution in [-0.4, -0.2) is 33.7 Å². The highest BCUT2D eigenvalue weighted by Gasteiger charge is 2.30. The third-order valence-corrected chi connectivity index (χ3v) is 6.55. The van der Waals surface area contributed by atoms with Gasteiger partial charge in [0.1, 0.15) is 0 Å². The molecule has 0 N–H and O–H groups in total. The summed E-state index contributed by atoms with van der Waals surface area (Å²) in [6, 6.07) is 13.4. The second-order valence-corrected chi connectivity index (χ2v) is 9.04. The van der Waals surface area contributed by atoms with E-state index >= 15 is 0 Å². The first-order valence-electron chi connectivity index (χ1n) is 8.87. The Balaban J connectivity index is 1.68. The zero-order valence-electron chi connectivity index (χ0n) is 15.0. The molecule has 5 nitrogen and oxygen atoms in total. The molecule has 0 fully saturated rings. The number of fused-ring (bicyclic) bond motifs is 2.